The van der Waals surface area contributed by atoms with Crippen molar-refractivity contribution >= 4 is 31.9 Å². The van der Waals surface area contributed by atoms with Gasteiger partial charge in [-0.15, -0.1) is 0 Å². The van der Waals surface area contributed by atoms with E-state index in [0.717, 1.165) is 13.0 Å². The van der Waals surface area contributed by atoms with E-state index in [1.165, 1.54) is 0 Å². The van der Waals surface area contributed by atoms with Crippen LogP contribution in [-0.4, -0.2) is 22.4 Å². The summed E-state index contributed by atoms with van der Waals surface area (Å²) in [5.74, 6) is 0. The van der Waals surface area contributed by atoms with E-state index in [1.54, 1.807) is 0 Å². The zero-order valence-electron chi connectivity index (χ0n) is 5.31. The molecule has 0 spiro atoms. The van der Waals surface area contributed by atoms with Crippen LogP contribution in [0.15, 0.2) is 0 Å². The normalized spacial score (nSPS) is 43.7. The molecule has 0 saturated carbocycles. The summed E-state index contributed by atoms with van der Waals surface area (Å²) < 4.78 is 5.43. The number of alkyl halides is 2. The van der Waals surface area contributed by atoms with Crippen molar-refractivity contribution in [1.29, 1.82) is 0 Å². The van der Waals surface area contributed by atoms with Crippen LogP contribution >= 0.6 is 31.9 Å². The quantitative estimate of drug-likeness (QED) is 0.656. The van der Waals surface area contributed by atoms with Gasteiger partial charge in [-0.05, 0) is 6.42 Å². The molecule has 1 saturated heterocycles. The molecule has 0 amide bonds. The molecule has 1 aliphatic heterocycles. The minimum Gasteiger partial charge on any atom is -0.376 e. The summed E-state index contributed by atoms with van der Waals surface area (Å²) in [6.45, 7) is 2.98. The standard InChI is InChI=1S/C6H10Br2O/c1-2-5-6(8)4(7)3-9-5/h4-6H,2-3H2,1H3. The van der Waals surface area contributed by atoms with Gasteiger partial charge in [0, 0.05) is 0 Å². The maximum Gasteiger partial charge on any atom is 0.0709 e. The second-order valence-electron chi connectivity index (χ2n) is 2.24. The Balaban J connectivity index is 2.41. The average molecular weight is 258 g/mol. The van der Waals surface area contributed by atoms with Gasteiger partial charge in [0.15, 0.2) is 0 Å². The Kier molecular flexibility index (Phi) is 2.99. The average Bonchev–Trinajstić information content (AvgIpc) is 2.15. The zero-order valence-corrected chi connectivity index (χ0v) is 8.48. The van der Waals surface area contributed by atoms with Crippen LogP contribution in [0.4, 0.5) is 0 Å². The van der Waals surface area contributed by atoms with Crippen LogP contribution in [0.2, 0.25) is 0 Å². The van der Waals surface area contributed by atoms with Crippen molar-refractivity contribution in [3.63, 3.8) is 0 Å². The highest BCUT2D eigenvalue weighted by molar-refractivity contribution is 9.12. The second-order valence-corrected chi connectivity index (χ2v) is 4.47. The highest BCUT2D eigenvalue weighted by Crippen LogP contribution is 2.28. The third-order valence-electron chi connectivity index (χ3n) is 1.57. The summed E-state index contributed by atoms with van der Waals surface area (Å²) in [5, 5.41) is 0. The van der Waals surface area contributed by atoms with Gasteiger partial charge < -0.3 is 4.74 Å². The summed E-state index contributed by atoms with van der Waals surface area (Å²) in [5.41, 5.74) is 0. The number of ether oxygens (including phenoxy) is 1. The Labute approximate surface area is 72.4 Å². The molecule has 1 heterocycles. The molecule has 9 heavy (non-hydrogen) atoms. The van der Waals surface area contributed by atoms with E-state index in [9.17, 15) is 0 Å². The van der Waals surface area contributed by atoms with E-state index in [4.69, 9.17) is 4.74 Å². The van der Waals surface area contributed by atoms with E-state index in [2.05, 4.69) is 38.8 Å². The van der Waals surface area contributed by atoms with Gasteiger partial charge in [-0.25, -0.2) is 0 Å². The minimum atomic E-state index is 0.411. The van der Waals surface area contributed by atoms with E-state index >= 15 is 0 Å². The predicted molar refractivity (Wildman–Crippen MR) is 45.5 cm³/mol. The molecule has 0 aromatic carbocycles. The first kappa shape index (κ1) is 8.02. The Morgan fingerprint density at radius 3 is 2.44 bits per heavy atom. The molecular formula is C6H10Br2O. The second kappa shape index (κ2) is 3.35. The van der Waals surface area contributed by atoms with Crippen molar-refractivity contribution in [1.82, 2.24) is 0 Å². The van der Waals surface area contributed by atoms with E-state index in [1.807, 2.05) is 0 Å². The topological polar surface area (TPSA) is 9.23 Å². The molecule has 0 N–H and O–H groups in total. The van der Waals surface area contributed by atoms with Crippen molar-refractivity contribution in [2.75, 3.05) is 6.61 Å². The van der Waals surface area contributed by atoms with Crippen LogP contribution in [0.3, 0.4) is 0 Å². The van der Waals surface area contributed by atoms with Crippen LogP contribution in [0, 0.1) is 0 Å². The zero-order chi connectivity index (χ0) is 6.85. The molecule has 0 aromatic heterocycles. The molecule has 0 aliphatic carbocycles. The van der Waals surface area contributed by atoms with Crippen molar-refractivity contribution in [3.8, 4) is 0 Å². The first-order valence-corrected chi connectivity index (χ1v) is 4.98. The summed E-state index contributed by atoms with van der Waals surface area (Å²) in [6, 6.07) is 0. The molecule has 1 fully saturated rings. The largest absolute Gasteiger partial charge is 0.376 e. The van der Waals surface area contributed by atoms with Gasteiger partial charge in [-0.1, -0.05) is 38.8 Å². The Morgan fingerprint density at radius 2 is 2.22 bits per heavy atom. The van der Waals surface area contributed by atoms with Crippen molar-refractivity contribution < 1.29 is 4.74 Å². The van der Waals surface area contributed by atoms with Gasteiger partial charge in [-0.2, -0.15) is 0 Å². The fraction of sp³-hybridized carbons (Fsp3) is 1.00. The SMILES string of the molecule is CCC1OCC(Br)C1Br. The van der Waals surface area contributed by atoms with E-state index in [0.29, 0.717) is 15.8 Å². The maximum absolute atomic E-state index is 5.43. The van der Waals surface area contributed by atoms with E-state index < -0.39 is 0 Å². The molecule has 3 heteroatoms. The molecule has 0 radical (unpaired) electrons. The third kappa shape index (κ3) is 1.69. The maximum atomic E-state index is 5.43. The van der Waals surface area contributed by atoms with Gasteiger partial charge in [0.05, 0.1) is 22.4 Å². The fourth-order valence-electron chi connectivity index (χ4n) is 0.975. The predicted octanol–water partition coefficient (Wildman–Crippen LogP) is 2.32. The number of rotatable bonds is 1. The van der Waals surface area contributed by atoms with Crippen LogP contribution in [0.25, 0.3) is 0 Å². The molecule has 1 nitrogen and oxygen atoms in total. The van der Waals surface area contributed by atoms with Gasteiger partial charge in [-0.3, -0.25) is 0 Å². The molecule has 1 rings (SSSR count). The van der Waals surface area contributed by atoms with Crippen LogP contribution in [0.1, 0.15) is 13.3 Å². The van der Waals surface area contributed by atoms with Crippen molar-refractivity contribution in [2.24, 2.45) is 0 Å². The molecule has 1 aliphatic rings. The lowest BCUT2D eigenvalue weighted by molar-refractivity contribution is 0.111. The molecule has 54 valence electrons. The van der Waals surface area contributed by atoms with Gasteiger partial charge in [0.1, 0.15) is 0 Å². The van der Waals surface area contributed by atoms with Gasteiger partial charge in [0.2, 0.25) is 0 Å². The Morgan fingerprint density at radius 1 is 1.56 bits per heavy atom. The van der Waals surface area contributed by atoms with E-state index in [-0.39, 0.29) is 0 Å². The smallest absolute Gasteiger partial charge is 0.0709 e. The Hall–Kier alpha value is 0.920. The number of halogens is 2. The summed E-state index contributed by atoms with van der Waals surface area (Å²) >= 11 is 7.07. The summed E-state index contributed by atoms with van der Waals surface area (Å²) in [6.07, 6.45) is 1.51. The Bertz CT molecular complexity index is 97.1. The molecule has 3 atom stereocenters. The lowest BCUT2D eigenvalue weighted by Gasteiger charge is -2.10. The molecule has 3 unspecified atom stereocenters. The van der Waals surface area contributed by atoms with Crippen LogP contribution in [0.5, 0.6) is 0 Å². The molecular weight excluding hydrogens is 248 g/mol. The highest BCUT2D eigenvalue weighted by Gasteiger charge is 2.31. The van der Waals surface area contributed by atoms with Gasteiger partial charge >= 0.3 is 0 Å². The monoisotopic (exact) mass is 256 g/mol. The fourth-order valence-corrected chi connectivity index (χ4v) is 2.15. The number of hydrogen-bond donors (Lipinski definition) is 0. The molecule has 0 bridgehead atoms. The third-order valence-corrected chi connectivity index (χ3v) is 4.34. The van der Waals surface area contributed by atoms with Crippen molar-refractivity contribution in [2.45, 2.75) is 29.1 Å². The molecule has 0 aromatic rings. The van der Waals surface area contributed by atoms with Gasteiger partial charge in [0.25, 0.3) is 0 Å². The highest BCUT2D eigenvalue weighted by atomic mass is 79.9. The van der Waals surface area contributed by atoms with Crippen molar-refractivity contribution in [3.05, 3.63) is 0 Å². The lowest BCUT2D eigenvalue weighted by Crippen LogP contribution is -2.18. The summed E-state index contributed by atoms with van der Waals surface area (Å²) in [7, 11) is 0. The number of hydrogen-bond acceptors (Lipinski definition) is 1. The van der Waals surface area contributed by atoms with Crippen LogP contribution < -0.4 is 0 Å². The first-order chi connectivity index (χ1) is 4.25. The van der Waals surface area contributed by atoms with Crippen LogP contribution in [-0.2, 0) is 4.74 Å². The minimum absolute atomic E-state index is 0.411. The summed E-state index contributed by atoms with van der Waals surface area (Å²) in [4.78, 5) is 1.00. The first-order valence-electron chi connectivity index (χ1n) is 3.15. The lowest BCUT2D eigenvalue weighted by atomic mass is 10.2.